The molecule has 3 nitrogen and oxygen atoms in total. The summed E-state index contributed by atoms with van der Waals surface area (Å²) >= 11 is 1.51. The summed E-state index contributed by atoms with van der Waals surface area (Å²) in [5, 5.41) is 8.90. The molecule has 0 saturated heterocycles. The summed E-state index contributed by atoms with van der Waals surface area (Å²) in [6.45, 7) is 1.80. The Morgan fingerprint density at radius 2 is 2.07 bits per heavy atom. The molecule has 1 rings (SSSR count). The van der Waals surface area contributed by atoms with Crippen molar-refractivity contribution in [3.63, 3.8) is 0 Å². The SMILES string of the molecule is Cc1ccc(SN(C)C)cc1C(=O)O. The van der Waals surface area contributed by atoms with Crippen molar-refractivity contribution in [3.8, 4) is 0 Å². The summed E-state index contributed by atoms with van der Waals surface area (Å²) in [7, 11) is 3.84. The summed E-state index contributed by atoms with van der Waals surface area (Å²) in [6, 6.07) is 5.45. The number of benzene rings is 1. The number of aryl methyl sites for hydroxylation is 1. The van der Waals surface area contributed by atoms with Crippen LogP contribution >= 0.6 is 11.9 Å². The summed E-state index contributed by atoms with van der Waals surface area (Å²) < 4.78 is 1.93. The molecule has 14 heavy (non-hydrogen) atoms. The maximum atomic E-state index is 10.8. The van der Waals surface area contributed by atoms with Crippen LogP contribution in [0.15, 0.2) is 23.1 Å². The van der Waals surface area contributed by atoms with Crippen molar-refractivity contribution in [2.75, 3.05) is 14.1 Å². The molecule has 0 spiro atoms. The number of carbonyl (C=O) groups is 1. The number of carboxylic acids is 1. The topological polar surface area (TPSA) is 40.5 Å². The molecule has 1 aromatic carbocycles. The van der Waals surface area contributed by atoms with E-state index < -0.39 is 5.97 Å². The highest BCUT2D eigenvalue weighted by atomic mass is 32.2. The average molecular weight is 211 g/mol. The molecule has 0 atom stereocenters. The minimum atomic E-state index is -0.872. The van der Waals surface area contributed by atoms with Gasteiger partial charge in [-0.15, -0.1) is 0 Å². The van der Waals surface area contributed by atoms with Crippen LogP contribution in [0.4, 0.5) is 0 Å². The summed E-state index contributed by atoms with van der Waals surface area (Å²) in [6.07, 6.45) is 0. The van der Waals surface area contributed by atoms with Crippen LogP contribution in [0.3, 0.4) is 0 Å². The molecule has 0 saturated carbocycles. The quantitative estimate of drug-likeness (QED) is 0.779. The number of rotatable bonds is 3. The number of carboxylic acid groups (broad SMARTS) is 1. The van der Waals surface area contributed by atoms with E-state index in [2.05, 4.69) is 0 Å². The molecule has 0 aromatic heterocycles. The number of nitrogens with zero attached hydrogens (tertiary/aromatic N) is 1. The largest absolute Gasteiger partial charge is 0.478 e. The molecule has 0 radical (unpaired) electrons. The second kappa shape index (κ2) is 4.48. The van der Waals surface area contributed by atoms with Crippen molar-refractivity contribution in [2.45, 2.75) is 11.8 Å². The van der Waals surface area contributed by atoms with E-state index in [1.54, 1.807) is 13.0 Å². The van der Waals surface area contributed by atoms with E-state index >= 15 is 0 Å². The van der Waals surface area contributed by atoms with Gasteiger partial charge in [-0.05, 0) is 50.7 Å². The first-order chi connectivity index (χ1) is 6.50. The van der Waals surface area contributed by atoms with Crippen LogP contribution in [0.5, 0.6) is 0 Å². The van der Waals surface area contributed by atoms with Crippen molar-refractivity contribution in [1.29, 1.82) is 0 Å². The van der Waals surface area contributed by atoms with Gasteiger partial charge >= 0.3 is 5.97 Å². The Morgan fingerprint density at radius 3 is 2.57 bits per heavy atom. The minimum absolute atomic E-state index is 0.372. The molecule has 0 aliphatic rings. The average Bonchev–Trinajstić information content (AvgIpc) is 2.07. The van der Waals surface area contributed by atoms with Crippen molar-refractivity contribution in [3.05, 3.63) is 29.3 Å². The van der Waals surface area contributed by atoms with Gasteiger partial charge in [0.2, 0.25) is 0 Å². The maximum absolute atomic E-state index is 10.8. The van der Waals surface area contributed by atoms with E-state index in [1.165, 1.54) is 11.9 Å². The Labute approximate surface area is 87.9 Å². The fraction of sp³-hybridized carbons (Fsp3) is 0.300. The smallest absolute Gasteiger partial charge is 0.335 e. The van der Waals surface area contributed by atoms with E-state index in [0.717, 1.165) is 10.5 Å². The molecular formula is C10H13NO2S. The van der Waals surface area contributed by atoms with Crippen molar-refractivity contribution < 1.29 is 9.90 Å². The van der Waals surface area contributed by atoms with E-state index in [4.69, 9.17) is 5.11 Å². The van der Waals surface area contributed by atoms with E-state index in [9.17, 15) is 4.79 Å². The van der Waals surface area contributed by atoms with Gasteiger partial charge in [-0.3, -0.25) is 4.31 Å². The number of hydrogen-bond acceptors (Lipinski definition) is 3. The number of aromatic carboxylic acids is 1. The fourth-order valence-electron chi connectivity index (χ4n) is 1.10. The van der Waals surface area contributed by atoms with E-state index in [1.807, 2.05) is 30.5 Å². The van der Waals surface area contributed by atoms with Crippen LogP contribution in [0.2, 0.25) is 0 Å². The Bertz CT molecular complexity index is 350. The summed E-state index contributed by atoms with van der Waals surface area (Å²) in [5.74, 6) is -0.872. The lowest BCUT2D eigenvalue weighted by Gasteiger charge is -2.09. The maximum Gasteiger partial charge on any atom is 0.335 e. The van der Waals surface area contributed by atoms with Crippen LogP contribution < -0.4 is 0 Å². The van der Waals surface area contributed by atoms with Gasteiger partial charge in [-0.1, -0.05) is 6.07 Å². The van der Waals surface area contributed by atoms with Gasteiger partial charge in [0, 0.05) is 4.90 Å². The van der Waals surface area contributed by atoms with Crippen LogP contribution in [-0.2, 0) is 0 Å². The van der Waals surface area contributed by atoms with Crippen molar-refractivity contribution in [2.24, 2.45) is 0 Å². The third kappa shape index (κ3) is 2.75. The van der Waals surface area contributed by atoms with Crippen molar-refractivity contribution in [1.82, 2.24) is 4.31 Å². The molecule has 1 N–H and O–H groups in total. The standard InChI is InChI=1S/C10H13NO2S/c1-7-4-5-8(14-11(2)3)6-9(7)10(12)13/h4-6H,1-3H3,(H,12,13). The summed E-state index contributed by atoms with van der Waals surface area (Å²) in [5.41, 5.74) is 1.16. The van der Waals surface area contributed by atoms with Gasteiger partial charge in [0.1, 0.15) is 0 Å². The zero-order chi connectivity index (χ0) is 10.7. The first-order valence-corrected chi connectivity index (χ1v) is 4.97. The molecular weight excluding hydrogens is 198 g/mol. The minimum Gasteiger partial charge on any atom is -0.478 e. The van der Waals surface area contributed by atoms with Crippen molar-refractivity contribution >= 4 is 17.9 Å². The Hall–Kier alpha value is -1.00. The van der Waals surface area contributed by atoms with Crippen LogP contribution in [-0.4, -0.2) is 29.5 Å². The van der Waals surface area contributed by atoms with Crippen LogP contribution in [0.1, 0.15) is 15.9 Å². The van der Waals surface area contributed by atoms with Gasteiger partial charge in [0.05, 0.1) is 5.56 Å². The third-order valence-corrected chi connectivity index (χ3v) is 2.56. The third-order valence-electron chi connectivity index (χ3n) is 1.73. The zero-order valence-electron chi connectivity index (χ0n) is 8.44. The fourth-order valence-corrected chi connectivity index (χ4v) is 1.82. The molecule has 4 heteroatoms. The van der Waals surface area contributed by atoms with Crippen LogP contribution in [0.25, 0.3) is 0 Å². The predicted molar refractivity (Wildman–Crippen MR) is 57.7 cm³/mol. The van der Waals surface area contributed by atoms with Gasteiger partial charge in [-0.25, -0.2) is 4.79 Å². The molecule has 0 heterocycles. The highest BCUT2D eigenvalue weighted by Gasteiger charge is 2.08. The lowest BCUT2D eigenvalue weighted by Crippen LogP contribution is -2.02. The van der Waals surface area contributed by atoms with Crippen LogP contribution in [0, 0.1) is 6.92 Å². The molecule has 0 amide bonds. The van der Waals surface area contributed by atoms with Gasteiger partial charge in [0.25, 0.3) is 0 Å². The molecule has 76 valence electrons. The second-order valence-corrected chi connectivity index (χ2v) is 4.57. The normalized spacial score (nSPS) is 10.6. The predicted octanol–water partition coefficient (Wildman–Crippen LogP) is 2.26. The molecule has 0 unspecified atom stereocenters. The molecule has 1 aromatic rings. The first kappa shape index (κ1) is 11.1. The highest BCUT2D eigenvalue weighted by molar-refractivity contribution is 7.97. The lowest BCUT2D eigenvalue weighted by atomic mass is 10.1. The zero-order valence-corrected chi connectivity index (χ0v) is 9.26. The Kier molecular flexibility index (Phi) is 3.55. The Morgan fingerprint density at radius 1 is 1.43 bits per heavy atom. The second-order valence-electron chi connectivity index (χ2n) is 3.19. The number of hydrogen-bond donors (Lipinski definition) is 1. The molecule has 0 aliphatic carbocycles. The Balaban J connectivity index is 3.00. The monoisotopic (exact) mass is 211 g/mol. The van der Waals surface area contributed by atoms with Gasteiger partial charge in [0.15, 0.2) is 0 Å². The highest BCUT2D eigenvalue weighted by Crippen LogP contribution is 2.22. The lowest BCUT2D eigenvalue weighted by molar-refractivity contribution is 0.0696. The molecule has 0 bridgehead atoms. The van der Waals surface area contributed by atoms with Gasteiger partial charge < -0.3 is 5.11 Å². The first-order valence-electron chi connectivity index (χ1n) is 4.20. The van der Waals surface area contributed by atoms with Gasteiger partial charge in [-0.2, -0.15) is 0 Å². The summed E-state index contributed by atoms with van der Waals surface area (Å²) in [4.78, 5) is 11.8. The van der Waals surface area contributed by atoms with E-state index in [-0.39, 0.29) is 0 Å². The molecule has 0 aliphatic heterocycles. The van der Waals surface area contributed by atoms with E-state index in [0.29, 0.717) is 5.56 Å². The molecule has 0 fully saturated rings.